The molecule has 12 nitrogen and oxygen atoms in total. The Kier molecular flexibility index (Phi) is 6.84. The van der Waals surface area contributed by atoms with Crippen LogP contribution < -0.4 is 0 Å². The quantitative estimate of drug-likeness (QED) is 0.304. The predicted octanol–water partition coefficient (Wildman–Crippen LogP) is -0.290. The highest BCUT2D eigenvalue weighted by atomic mass is 16.8. The number of hydrogen-bond donors (Lipinski definition) is 0. The summed E-state index contributed by atoms with van der Waals surface area (Å²) in [5, 5.41) is 0. The summed E-state index contributed by atoms with van der Waals surface area (Å²) in [6, 6.07) is 0. The van der Waals surface area contributed by atoms with Gasteiger partial charge in [-0.3, -0.25) is 19.2 Å². The number of fused-ring (bicyclic) bond motifs is 1. The SMILES string of the molecule is CC(=O)OC[C@H]1O[C@H]2O[C@@]3(C=C[C@@H](OC(C)=O)C3)C(=O)O[C@@H]2[C@@H](OC(C)=O)[C@@H]1OC(C)=O. The molecule has 2 fully saturated rings. The van der Waals surface area contributed by atoms with Gasteiger partial charge in [0.2, 0.25) is 6.29 Å². The molecule has 0 bridgehead atoms. The largest absolute Gasteiger partial charge is 0.463 e. The molecule has 32 heavy (non-hydrogen) atoms. The maximum atomic E-state index is 12.8. The fourth-order valence-corrected chi connectivity index (χ4v) is 3.80. The molecule has 2 aliphatic heterocycles. The first-order valence-corrected chi connectivity index (χ1v) is 9.89. The minimum atomic E-state index is -1.59. The summed E-state index contributed by atoms with van der Waals surface area (Å²) in [6.07, 6.45) is -4.00. The van der Waals surface area contributed by atoms with Crippen LogP contribution in [0.5, 0.6) is 0 Å². The Morgan fingerprint density at radius 2 is 1.59 bits per heavy atom. The molecule has 0 amide bonds. The maximum absolute atomic E-state index is 12.8. The van der Waals surface area contributed by atoms with E-state index in [0.717, 1.165) is 13.8 Å². The van der Waals surface area contributed by atoms with E-state index in [9.17, 15) is 24.0 Å². The maximum Gasteiger partial charge on any atom is 0.343 e. The van der Waals surface area contributed by atoms with E-state index in [-0.39, 0.29) is 13.0 Å². The van der Waals surface area contributed by atoms with Crippen molar-refractivity contribution in [2.75, 3.05) is 6.61 Å². The molecule has 0 unspecified atom stereocenters. The molecule has 1 aliphatic carbocycles. The molecule has 3 rings (SSSR count). The second kappa shape index (κ2) is 9.25. The van der Waals surface area contributed by atoms with Crippen LogP contribution in [0, 0.1) is 0 Å². The lowest BCUT2D eigenvalue weighted by atomic mass is 9.94. The van der Waals surface area contributed by atoms with Crippen LogP contribution in [0.25, 0.3) is 0 Å². The first-order chi connectivity index (χ1) is 15.0. The Bertz CT molecular complexity index is 834. The van der Waals surface area contributed by atoms with Crippen molar-refractivity contribution in [3.05, 3.63) is 12.2 Å². The Labute approximate surface area is 183 Å². The Morgan fingerprint density at radius 3 is 2.19 bits per heavy atom. The van der Waals surface area contributed by atoms with E-state index in [2.05, 4.69) is 0 Å². The third-order valence-corrected chi connectivity index (χ3v) is 4.96. The van der Waals surface area contributed by atoms with Crippen molar-refractivity contribution in [3.8, 4) is 0 Å². The minimum Gasteiger partial charge on any atom is -0.463 e. The smallest absolute Gasteiger partial charge is 0.343 e. The van der Waals surface area contributed by atoms with Crippen molar-refractivity contribution in [2.24, 2.45) is 0 Å². The lowest BCUT2D eigenvalue weighted by molar-refractivity contribution is -0.346. The van der Waals surface area contributed by atoms with E-state index < -0.39 is 72.3 Å². The fraction of sp³-hybridized carbons (Fsp3) is 0.650. The van der Waals surface area contributed by atoms with Crippen LogP contribution in [0.2, 0.25) is 0 Å². The zero-order chi connectivity index (χ0) is 23.6. The summed E-state index contributed by atoms with van der Waals surface area (Å²) in [7, 11) is 0. The van der Waals surface area contributed by atoms with Gasteiger partial charge in [0.15, 0.2) is 23.9 Å². The Balaban J connectivity index is 1.87. The first kappa shape index (κ1) is 23.7. The highest BCUT2D eigenvalue weighted by Gasteiger charge is 2.61. The monoisotopic (exact) mass is 456 g/mol. The second-order valence-corrected chi connectivity index (χ2v) is 7.58. The van der Waals surface area contributed by atoms with Gasteiger partial charge in [0.05, 0.1) is 0 Å². The van der Waals surface area contributed by atoms with Gasteiger partial charge in [-0.25, -0.2) is 4.79 Å². The summed E-state index contributed by atoms with van der Waals surface area (Å²) in [4.78, 5) is 58.8. The van der Waals surface area contributed by atoms with E-state index in [4.69, 9.17) is 33.2 Å². The summed E-state index contributed by atoms with van der Waals surface area (Å²) >= 11 is 0. The molecular formula is C20H24O12. The summed E-state index contributed by atoms with van der Waals surface area (Å²) < 4.78 is 37.9. The number of ether oxygens (including phenoxy) is 7. The minimum absolute atomic E-state index is 0.0434. The van der Waals surface area contributed by atoms with Crippen LogP contribution in [-0.2, 0) is 57.1 Å². The predicted molar refractivity (Wildman–Crippen MR) is 99.4 cm³/mol. The van der Waals surface area contributed by atoms with E-state index in [0.29, 0.717) is 0 Å². The molecule has 1 spiro atoms. The molecule has 176 valence electrons. The lowest BCUT2D eigenvalue weighted by Crippen LogP contribution is -2.68. The lowest BCUT2D eigenvalue weighted by Gasteiger charge is -2.49. The van der Waals surface area contributed by atoms with Gasteiger partial charge in [0.1, 0.15) is 18.8 Å². The standard InChI is InChI=1S/C20H24O12/c1-9(21)26-8-14-15(28-11(3)23)16(29-12(4)24)17-18(30-14)32-20(19(25)31-17)6-5-13(7-20)27-10(2)22/h5-6,13-18H,7-8H2,1-4H3/t13-,14-,15-,16+,17-,18+,20-/m1/s1. The molecule has 0 radical (unpaired) electrons. The van der Waals surface area contributed by atoms with Crippen molar-refractivity contribution in [1.82, 2.24) is 0 Å². The van der Waals surface area contributed by atoms with Crippen molar-refractivity contribution in [3.63, 3.8) is 0 Å². The van der Waals surface area contributed by atoms with Gasteiger partial charge >= 0.3 is 29.8 Å². The Morgan fingerprint density at radius 1 is 0.969 bits per heavy atom. The van der Waals surface area contributed by atoms with Crippen molar-refractivity contribution in [2.45, 2.75) is 76.5 Å². The molecule has 7 atom stereocenters. The van der Waals surface area contributed by atoms with Gasteiger partial charge in [0.25, 0.3) is 0 Å². The van der Waals surface area contributed by atoms with Crippen LogP contribution in [0.1, 0.15) is 34.1 Å². The third-order valence-electron chi connectivity index (χ3n) is 4.96. The molecule has 12 heteroatoms. The van der Waals surface area contributed by atoms with Crippen LogP contribution in [-0.4, -0.2) is 78.9 Å². The van der Waals surface area contributed by atoms with Gasteiger partial charge < -0.3 is 33.2 Å². The second-order valence-electron chi connectivity index (χ2n) is 7.58. The molecule has 0 aromatic heterocycles. The number of carbonyl (C=O) groups is 5. The van der Waals surface area contributed by atoms with E-state index in [1.165, 1.54) is 26.0 Å². The summed E-state index contributed by atoms with van der Waals surface area (Å²) in [6.45, 7) is 4.34. The van der Waals surface area contributed by atoms with Crippen LogP contribution in [0.4, 0.5) is 0 Å². The van der Waals surface area contributed by atoms with Crippen molar-refractivity contribution < 1.29 is 57.1 Å². The molecular weight excluding hydrogens is 432 g/mol. The molecule has 3 aliphatic rings. The van der Waals surface area contributed by atoms with E-state index in [1.807, 2.05) is 0 Å². The van der Waals surface area contributed by atoms with Gasteiger partial charge in [-0.2, -0.15) is 0 Å². The fourth-order valence-electron chi connectivity index (χ4n) is 3.80. The number of carbonyl (C=O) groups excluding carboxylic acids is 5. The zero-order valence-corrected chi connectivity index (χ0v) is 17.9. The molecule has 0 aromatic rings. The van der Waals surface area contributed by atoms with Gasteiger partial charge in [-0.05, 0) is 12.2 Å². The summed E-state index contributed by atoms with van der Waals surface area (Å²) in [5.74, 6) is -3.41. The molecule has 0 aromatic carbocycles. The van der Waals surface area contributed by atoms with Crippen molar-refractivity contribution in [1.29, 1.82) is 0 Å². The first-order valence-electron chi connectivity index (χ1n) is 9.89. The van der Waals surface area contributed by atoms with Crippen molar-refractivity contribution >= 4 is 29.8 Å². The zero-order valence-electron chi connectivity index (χ0n) is 17.9. The number of rotatable bonds is 5. The van der Waals surface area contributed by atoms with E-state index in [1.54, 1.807) is 0 Å². The molecule has 0 saturated carbocycles. The molecule has 2 saturated heterocycles. The van der Waals surface area contributed by atoms with Gasteiger partial charge in [-0.1, -0.05) is 0 Å². The Hall–Kier alpha value is -2.99. The van der Waals surface area contributed by atoms with Crippen LogP contribution >= 0.6 is 0 Å². The topological polar surface area (TPSA) is 150 Å². The van der Waals surface area contributed by atoms with Gasteiger partial charge in [0, 0.05) is 34.1 Å². The third kappa shape index (κ3) is 5.07. The van der Waals surface area contributed by atoms with E-state index >= 15 is 0 Å². The van der Waals surface area contributed by atoms with Crippen LogP contribution in [0.15, 0.2) is 12.2 Å². The molecule has 2 heterocycles. The average Bonchev–Trinajstić information content (AvgIpc) is 3.05. The normalized spacial score (nSPS) is 35.4. The highest BCUT2D eigenvalue weighted by Crippen LogP contribution is 2.41. The molecule has 0 N–H and O–H groups in total. The van der Waals surface area contributed by atoms with Crippen LogP contribution in [0.3, 0.4) is 0 Å². The van der Waals surface area contributed by atoms with Gasteiger partial charge in [-0.15, -0.1) is 0 Å². The average molecular weight is 456 g/mol. The summed E-state index contributed by atoms with van der Waals surface area (Å²) in [5.41, 5.74) is -1.59. The highest BCUT2D eigenvalue weighted by molar-refractivity contribution is 5.84. The number of esters is 5. The number of hydrogen-bond acceptors (Lipinski definition) is 12.